The number of hydrogen-bond acceptors (Lipinski definition) is 3. The molecule has 19 heavy (non-hydrogen) atoms. The fourth-order valence-corrected chi connectivity index (χ4v) is 3.19. The predicted octanol–water partition coefficient (Wildman–Crippen LogP) is 3.25. The van der Waals surface area contributed by atoms with E-state index in [9.17, 15) is 4.79 Å². The molecule has 0 saturated heterocycles. The minimum absolute atomic E-state index is 0.00365. The maximum absolute atomic E-state index is 12.4. The molecule has 0 spiro atoms. The lowest BCUT2D eigenvalue weighted by Crippen LogP contribution is -2.37. The van der Waals surface area contributed by atoms with E-state index in [1.165, 1.54) is 6.42 Å². The van der Waals surface area contributed by atoms with Gasteiger partial charge >= 0.3 is 0 Å². The molecule has 0 radical (unpaired) electrons. The molecule has 3 N–H and O–H groups in total. The Balaban J connectivity index is 2.07. The van der Waals surface area contributed by atoms with E-state index in [-0.39, 0.29) is 17.9 Å². The topological polar surface area (TPSA) is 55.1 Å². The van der Waals surface area contributed by atoms with Crippen LogP contribution in [0.4, 0.5) is 5.69 Å². The molecule has 2 rings (SSSR count). The number of amides is 1. The molecule has 0 heterocycles. The second kappa shape index (κ2) is 6.96. The van der Waals surface area contributed by atoms with E-state index in [0.717, 1.165) is 36.3 Å². The lowest BCUT2D eigenvalue weighted by Gasteiger charge is -2.21. The molecule has 2 atom stereocenters. The molecule has 4 heteroatoms. The number of carbonyl (C=O) groups excluding carboxylic acids is 1. The monoisotopic (exact) mass is 278 g/mol. The molecule has 1 fully saturated rings. The maximum Gasteiger partial charge on any atom is 0.229 e. The van der Waals surface area contributed by atoms with Crippen LogP contribution >= 0.6 is 11.8 Å². The van der Waals surface area contributed by atoms with Crippen LogP contribution in [0.5, 0.6) is 0 Å². The van der Waals surface area contributed by atoms with E-state index >= 15 is 0 Å². The molecule has 2 unspecified atom stereocenters. The van der Waals surface area contributed by atoms with Crippen LogP contribution in [0.15, 0.2) is 29.2 Å². The lowest BCUT2D eigenvalue weighted by molar-refractivity contribution is -0.120. The van der Waals surface area contributed by atoms with Gasteiger partial charge in [-0.1, -0.05) is 31.4 Å². The Morgan fingerprint density at radius 2 is 2.00 bits per heavy atom. The van der Waals surface area contributed by atoms with Crippen LogP contribution in [0.25, 0.3) is 0 Å². The Hall–Kier alpha value is -1.00. The highest BCUT2D eigenvalue weighted by molar-refractivity contribution is 7.98. The third-order valence-corrected chi connectivity index (χ3v) is 4.57. The summed E-state index contributed by atoms with van der Waals surface area (Å²) >= 11 is 1.64. The molecular weight excluding hydrogens is 256 g/mol. The molecular formula is C15H22N2OS. The van der Waals surface area contributed by atoms with Crippen molar-refractivity contribution in [3.8, 4) is 0 Å². The van der Waals surface area contributed by atoms with Crippen LogP contribution in [-0.4, -0.2) is 18.2 Å². The van der Waals surface area contributed by atoms with Gasteiger partial charge in [0.05, 0.1) is 11.6 Å². The van der Waals surface area contributed by atoms with E-state index in [4.69, 9.17) is 5.73 Å². The molecule has 1 aromatic rings. The van der Waals surface area contributed by atoms with Crippen LogP contribution < -0.4 is 11.1 Å². The molecule has 0 aromatic heterocycles. The highest BCUT2D eigenvalue weighted by Crippen LogP contribution is 2.27. The Bertz CT molecular complexity index is 436. The van der Waals surface area contributed by atoms with Crippen molar-refractivity contribution in [2.24, 2.45) is 11.7 Å². The summed E-state index contributed by atoms with van der Waals surface area (Å²) in [7, 11) is 0. The normalized spacial score (nSPS) is 23.7. The minimum atomic E-state index is -0.0441. The summed E-state index contributed by atoms with van der Waals surface area (Å²) in [4.78, 5) is 13.5. The first-order valence-electron chi connectivity index (χ1n) is 6.92. The third kappa shape index (κ3) is 3.74. The zero-order valence-corrected chi connectivity index (χ0v) is 12.2. The highest BCUT2D eigenvalue weighted by Gasteiger charge is 2.27. The first kappa shape index (κ1) is 14.4. The summed E-state index contributed by atoms with van der Waals surface area (Å²) in [5.41, 5.74) is 7.04. The van der Waals surface area contributed by atoms with Crippen molar-refractivity contribution in [1.82, 2.24) is 0 Å². The molecule has 3 nitrogen and oxygen atoms in total. The predicted molar refractivity (Wildman–Crippen MR) is 81.4 cm³/mol. The van der Waals surface area contributed by atoms with Gasteiger partial charge < -0.3 is 11.1 Å². The molecule has 1 aliphatic carbocycles. The second-order valence-electron chi connectivity index (χ2n) is 5.10. The van der Waals surface area contributed by atoms with E-state index in [0.29, 0.717) is 0 Å². The molecule has 0 bridgehead atoms. The van der Waals surface area contributed by atoms with E-state index in [1.807, 2.05) is 30.5 Å². The molecule has 1 aliphatic rings. The average molecular weight is 278 g/mol. The van der Waals surface area contributed by atoms with Gasteiger partial charge in [-0.2, -0.15) is 0 Å². The summed E-state index contributed by atoms with van der Waals surface area (Å²) in [6, 6.07) is 7.91. The van der Waals surface area contributed by atoms with Crippen molar-refractivity contribution < 1.29 is 4.79 Å². The van der Waals surface area contributed by atoms with Crippen molar-refractivity contribution in [3.63, 3.8) is 0 Å². The number of thioether (sulfide) groups is 1. The number of benzene rings is 1. The van der Waals surface area contributed by atoms with E-state index in [1.54, 1.807) is 11.8 Å². The van der Waals surface area contributed by atoms with Crippen LogP contribution in [0, 0.1) is 5.92 Å². The zero-order chi connectivity index (χ0) is 13.7. The van der Waals surface area contributed by atoms with Crippen LogP contribution in [0.1, 0.15) is 32.1 Å². The van der Waals surface area contributed by atoms with Crippen molar-refractivity contribution in [3.05, 3.63) is 24.3 Å². The third-order valence-electron chi connectivity index (χ3n) is 3.77. The number of hydrogen-bond donors (Lipinski definition) is 2. The summed E-state index contributed by atoms with van der Waals surface area (Å²) in [5.74, 6) is 0.0355. The number of rotatable bonds is 3. The average Bonchev–Trinajstić information content (AvgIpc) is 2.64. The van der Waals surface area contributed by atoms with Gasteiger partial charge in [0.1, 0.15) is 0 Å². The molecule has 0 aliphatic heterocycles. The largest absolute Gasteiger partial charge is 0.327 e. The van der Waals surface area contributed by atoms with Crippen molar-refractivity contribution in [1.29, 1.82) is 0 Å². The summed E-state index contributed by atoms with van der Waals surface area (Å²) < 4.78 is 0. The molecule has 1 aromatic carbocycles. The Morgan fingerprint density at radius 1 is 1.26 bits per heavy atom. The van der Waals surface area contributed by atoms with Crippen LogP contribution in [0.2, 0.25) is 0 Å². The van der Waals surface area contributed by atoms with Gasteiger partial charge in [-0.05, 0) is 31.2 Å². The second-order valence-corrected chi connectivity index (χ2v) is 5.95. The summed E-state index contributed by atoms with van der Waals surface area (Å²) in [6.07, 6.45) is 7.33. The summed E-state index contributed by atoms with van der Waals surface area (Å²) in [6.45, 7) is 0. The van der Waals surface area contributed by atoms with E-state index in [2.05, 4.69) is 5.32 Å². The number of carbonyl (C=O) groups is 1. The van der Waals surface area contributed by atoms with Crippen molar-refractivity contribution in [2.45, 2.75) is 43.0 Å². The van der Waals surface area contributed by atoms with Gasteiger partial charge in [-0.15, -0.1) is 11.8 Å². The van der Waals surface area contributed by atoms with Gasteiger partial charge in [0.15, 0.2) is 0 Å². The first-order valence-corrected chi connectivity index (χ1v) is 8.14. The minimum Gasteiger partial charge on any atom is -0.327 e. The standard InChI is InChI=1S/C15H22N2OS/c1-19-14-10-6-5-9-13(14)17-15(18)11-7-3-2-4-8-12(11)16/h5-6,9-12H,2-4,7-8,16H2,1H3,(H,17,18). The Kier molecular flexibility index (Phi) is 5.28. The van der Waals surface area contributed by atoms with Gasteiger partial charge in [-0.3, -0.25) is 4.79 Å². The van der Waals surface area contributed by atoms with Crippen molar-refractivity contribution >= 4 is 23.4 Å². The summed E-state index contributed by atoms with van der Waals surface area (Å²) in [5, 5.41) is 3.05. The number of nitrogens with two attached hydrogens (primary N) is 1. The van der Waals surface area contributed by atoms with Crippen molar-refractivity contribution in [2.75, 3.05) is 11.6 Å². The van der Waals surface area contributed by atoms with Gasteiger partial charge in [0.2, 0.25) is 5.91 Å². The smallest absolute Gasteiger partial charge is 0.229 e. The Morgan fingerprint density at radius 3 is 2.79 bits per heavy atom. The SMILES string of the molecule is CSc1ccccc1NC(=O)C1CCCCCC1N. The van der Waals surface area contributed by atoms with Crippen LogP contribution in [-0.2, 0) is 4.79 Å². The molecule has 1 saturated carbocycles. The van der Waals surface area contributed by atoms with E-state index < -0.39 is 0 Å². The number of anilines is 1. The number of nitrogens with one attached hydrogen (secondary N) is 1. The van der Waals surface area contributed by atoms with Gasteiger partial charge in [-0.25, -0.2) is 0 Å². The van der Waals surface area contributed by atoms with Gasteiger partial charge in [0.25, 0.3) is 0 Å². The Labute approximate surface area is 119 Å². The fourth-order valence-electron chi connectivity index (χ4n) is 2.64. The fraction of sp³-hybridized carbons (Fsp3) is 0.533. The number of para-hydroxylation sites is 1. The lowest BCUT2D eigenvalue weighted by atomic mass is 9.94. The quantitative estimate of drug-likeness (QED) is 0.659. The first-order chi connectivity index (χ1) is 9.22. The molecule has 1 amide bonds. The zero-order valence-electron chi connectivity index (χ0n) is 11.4. The van der Waals surface area contributed by atoms with Gasteiger partial charge in [0, 0.05) is 10.9 Å². The molecule has 104 valence electrons. The van der Waals surface area contributed by atoms with Crippen LogP contribution in [0.3, 0.4) is 0 Å². The maximum atomic E-state index is 12.4. The highest BCUT2D eigenvalue weighted by atomic mass is 32.2.